The Morgan fingerprint density at radius 1 is 0.461 bits per heavy atom. The zero-order valence-electron chi connectivity index (χ0n) is 48.7. The van der Waals surface area contributed by atoms with E-state index in [0.717, 1.165) is 89.9 Å². The molecule has 0 aliphatic carbocycles. The van der Waals surface area contributed by atoms with Crippen molar-refractivity contribution in [1.82, 2.24) is 5.32 Å². The summed E-state index contributed by atoms with van der Waals surface area (Å²) in [5, 5.41) is 54.6. The fourth-order valence-electron chi connectivity index (χ4n) is 9.53. The monoisotopic (exact) mass is 1060 g/mol. The van der Waals surface area contributed by atoms with E-state index in [4.69, 9.17) is 9.47 Å². The molecule has 7 unspecified atom stereocenters. The van der Waals surface area contributed by atoms with E-state index in [0.29, 0.717) is 12.8 Å². The van der Waals surface area contributed by atoms with Gasteiger partial charge in [0.1, 0.15) is 24.4 Å². The van der Waals surface area contributed by atoms with Crippen LogP contribution in [-0.2, 0) is 14.3 Å². The highest BCUT2D eigenvalue weighted by Crippen LogP contribution is 2.23. The zero-order valence-corrected chi connectivity index (χ0v) is 48.7. The largest absolute Gasteiger partial charge is 0.394 e. The van der Waals surface area contributed by atoms with E-state index < -0.39 is 49.5 Å². The van der Waals surface area contributed by atoms with Crippen LogP contribution in [0.25, 0.3) is 0 Å². The Kier molecular flexibility index (Phi) is 51.9. The first-order chi connectivity index (χ1) is 37.3. The number of allylic oxidation sites excluding steroid dienone is 16. The summed E-state index contributed by atoms with van der Waals surface area (Å²) in [5.41, 5.74) is 0. The van der Waals surface area contributed by atoms with Crippen LogP contribution in [0.2, 0.25) is 0 Å². The summed E-state index contributed by atoms with van der Waals surface area (Å²) in [6.07, 6.45) is 73.2. The van der Waals surface area contributed by atoms with E-state index in [1.54, 1.807) is 0 Å². The number of aliphatic hydroxyl groups is 5. The third kappa shape index (κ3) is 44.0. The molecule has 1 amide bonds. The summed E-state index contributed by atoms with van der Waals surface area (Å²) in [6.45, 7) is 3.72. The second-order valence-corrected chi connectivity index (χ2v) is 21.5. The lowest BCUT2D eigenvalue weighted by Gasteiger charge is -2.40. The molecule has 0 aromatic rings. The molecule has 0 aromatic carbocycles. The smallest absolute Gasteiger partial charge is 0.220 e. The molecule has 1 rings (SSSR count). The van der Waals surface area contributed by atoms with Gasteiger partial charge in [0.05, 0.1) is 25.4 Å². The molecule has 0 bridgehead atoms. The van der Waals surface area contributed by atoms with Gasteiger partial charge in [0, 0.05) is 6.42 Å². The lowest BCUT2D eigenvalue weighted by molar-refractivity contribution is -0.302. The number of unbranched alkanes of at least 4 members (excludes halogenated alkanes) is 27. The average Bonchev–Trinajstić information content (AvgIpc) is 3.42. The third-order valence-corrected chi connectivity index (χ3v) is 14.5. The van der Waals surface area contributed by atoms with Crippen molar-refractivity contribution in [3.63, 3.8) is 0 Å². The van der Waals surface area contributed by atoms with Gasteiger partial charge >= 0.3 is 0 Å². The van der Waals surface area contributed by atoms with Crippen molar-refractivity contribution in [1.29, 1.82) is 0 Å². The molecular weight excluding hydrogens is 947 g/mol. The number of carbonyl (C=O) groups is 1. The molecule has 438 valence electrons. The van der Waals surface area contributed by atoms with Crippen LogP contribution < -0.4 is 5.32 Å². The Labute approximate surface area is 466 Å². The summed E-state index contributed by atoms with van der Waals surface area (Å²) in [5.74, 6) is -0.146. The van der Waals surface area contributed by atoms with Gasteiger partial charge in [-0.25, -0.2) is 0 Å². The average molecular weight is 1060 g/mol. The number of carbonyl (C=O) groups excluding carboxylic acids is 1. The summed E-state index contributed by atoms with van der Waals surface area (Å²) >= 11 is 0. The maximum absolute atomic E-state index is 13.1. The Bertz CT molecular complexity index is 1510. The number of ether oxygens (including phenoxy) is 2. The van der Waals surface area contributed by atoms with Gasteiger partial charge in [-0.2, -0.15) is 0 Å². The van der Waals surface area contributed by atoms with Crippen LogP contribution in [-0.4, -0.2) is 87.5 Å². The van der Waals surface area contributed by atoms with Crippen molar-refractivity contribution in [2.75, 3.05) is 13.2 Å². The number of aliphatic hydroxyl groups excluding tert-OH is 5. The summed E-state index contributed by atoms with van der Waals surface area (Å²) in [7, 11) is 0. The van der Waals surface area contributed by atoms with Gasteiger partial charge in [0.15, 0.2) is 6.29 Å². The molecule has 6 N–H and O–H groups in total. The molecule has 9 heteroatoms. The molecule has 0 aromatic heterocycles. The van der Waals surface area contributed by atoms with Crippen LogP contribution in [0.5, 0.6) is 0 Å². The van der Waals surface area contributed by atoms with E-state index in [9.17, 15) is 30.3 Å². The molecular formula is C67H117NO8. The summed E-state index contributed by atoms with van der Waals surface area (Å²) in [4.78, 5) is 13.1. The molecule has 1 aliphatic rings. The standard InChI is InChI=1S/C67H117NO8/c1-3-5-7-9-11-13-15-17-18-19-20-21-22-23-24-25-26-27-28-29-30-31-32-33-34-35-36-37-38-39-40-41-42-43-44-45-47-49-51-53-55-57-63(71)68-60(59-75-67-66(74)65(73)64(72)62(58-69)76-67)61(70)56-54-52-50-48-46-16-14-12-10-8-6-4-2/h5,7,11,13,17-18,20-21,23-24,26-27,29-30,32-33,60-62,64-67,69-70,72-74H,3-4,6,8-10,12,14-16,19,22,25,28,31,34-59H2,1-2H3,(H,68,71)/b7-5-,13-11-,18-17-,21-20-,24-23-,27-26-,30-29-,33-32-. The molecule has 0 spiro atoms. The van der Waals surface area contributed by atoms with Gasteiger partial charge in [0.2, 0.25) is 5.91 Å². The van der Waals surface area contributed by atoms with E-state index in [-0.39, 0.29) is 12.5 Å². The molecule has 0 radical (unpaired) electrons. The van der Waals surface area contributed by atoms with Crippen molar-refractivity contribution >= 4 is 5.91 Å². The fourth-order valence-corrected chi connectivity index (χ4v) is 9.53. The first-order valence-electron chi connectivity index (χ1n) is 31.4. The highest BCUT2D eigenvalue weighted by molar-refractivity contribution is 5.76. The van der Waals surface area contributed by atoms with E-state index in [1.807, 2.05) is 0 Å². The number of rotatable bonds is 53. The van der Waals surface area contributed by atoms with Crippen LogP contribution in [0.1, 0.15) is 264 Å². The Morgan fingerprint density at radius 3 is 1.21 bits per heavy atom. The van der Waals surface area contributed by atoms with E-state index >= 15 is 0 Å². The third-order valence-electron chi connectivity index (χ3n) is 14.5. The molecule has 1 aliphatic heterocycles. The summed E-state index contributed by atoms with van der Waals surface area (Å²) in [6, 6.07) is -0.721. The highest BCUT2D eigenvalue weighted by Gasteiger charge is 2.44. The van der Waals surface area contributed by atoms with E-state index in [2.05, 4.69) is 116 Å². The minimum atomic E-state index is -1.56. The first-order valence-corrected chi connectivity index (χ1v) is 31.4. The van der Waals surface area contributed by atoms with Crippen LogP contribution >= 0.6 is 0 Å². The molecule has 0 saturated carbocycles. The van der Waals surface area contributed by atoms with Crippen molar-refractivity contribution in [3.8, 4) is 0 Å². The highest BCUT2D eigenvalue weighted by atomic mass is 16.7. The van der Waals surface area contributed by atoms with Gasteiger partial charge in [-0.05, 0) is 77.0 Å². The lowest BCUT2D eigenvalue weighted by atomic mass is 9.99. The maximum Gasteiger partial charge on any atom is 0.220 e. The van der Waals surface area contributed by atoms with Crippen molar-refractivity contribution in [2.24, 2.45) is 0 Å². The first kappa shape index (κ1) is 71.1. The molecule has 7 atom stereocenters. The van der Waals surface area contributed by atoms with Gasteiger partial charge in [-0.15, -0.1) is 0 Å². The molecule has 9 nitrogen and oxygen atoms in total. The minimum Gasteiger partial charge on any atom is -0.394 e. The second kappa shape index (κ2) is 55.4. The number of nitrogens with one attached hydrogen (secondary N) is 1. The van der Waals surface area contributed by atoms with Gasteiger partial charge in [0.25, 0.3) is 0 Å². The Morgan fingerprint density at radius 2 is 0.816 bits per heavy atom. The van der Waals surface area contributed by atoms with Crippen LogP contribution in [0.3, 0.4) is 0 Å². The SMILES string of the molecule is CC/C=C\C/C=C\C/C=C\C/C=C\C/C=C\C/C=C\C/C=C\C/C=C\CCCCCCCCCCCCCCCCCCC(=O)NC(COC1OC(CO)C(O)C(O)C1O)C(O)CCCCCCCCCCCCCC. The fraction of sp³-hybridized carbons (Fsp3) is 0.746. The molecule has 1 saturated heterocycles. The van der Waals surface area contributed by atoms with Gasteiger partial charge in [-0.3, -0.25) is 4.79 Å². The quantitative estimate of drug-likeness (QED) is 0.0261. The van der Waals surface area contributed by atoms with Gasteiger partial charge < -0.3 is 40.3 Å². The van der Waals surface area contributed by atoms with Gasteiger partial charge in [-0.1, -0.05) is 278 Å². The maximum atomic E-state index is 13.1. The summed E-state index contributed by atoms with van der Waals surface area (Å²) < 4.78 is 11.3. The van der Waals surface area contributed by atoms with Crippen LogP contribution in [0, 0.1) is 0 Å². The topological polar surface area (TPSA) is 149 Å². The second-order valence-electron chi connectivity index (χ2n) is 21.5. The Balaban J connectivity index is 2.06. The number of hydrogen-bond donors (Lipinski definition) is 6. The Hall–Kier alpha value is -2.89. The van der Waals surface area contributed by atoms with Crippen molar-refractivity contribution < 1.29 is 39.8 Å². The normalized spacial score (nSPS) is 19.5. The van der Waals surface area contributed by atoms with Crippen LogP contribution in [0.15, 0.2) is 97.2 Å². The van der Waals surface area contributed by atoms with E-state index in [1.165, 1.54) is 148 Å². The molecule has 1 heterocycles. The van der Waals surface area contributed by atoms with Crippen molar-refractivity contribution in [3.05, 3.63) is 97.2 Å². The predicted molar refractivity (Wildman–Crippen MR) is 322 cm³/mol. The predicted octanol–water partition coefficient (Wildman–Crippen LogP) is 16.4. The number of hydrogen-bond acceptors (Lipinski definition) is 8. The van der Waals surface area contributed by atoms with Crippen LogP contribution in [0.4, 0.5) is 0 Å². The lowest BCUT2D eigenvalue weighted by Crippen LogP contribution is -2.60. The minimum absolute atomic E-state index is 0.139. The van der Waals surface area contributed by atoms with Crippen molar-refractivity contribution in [2.45, 2.75) is 307 Å². The number of amides is 1. The molecule has 76 heavy (non-hydrogen) atoms. The zero-order chi connectivity index (χ0) is 55.0. The molecule has 1 fully saturated rings.